The van der Waals surface area contributed by atoms with E-state index < -0.39 is 6.10 Å². The monoisotopic (exact) mass is 971 g/mol. The van der Waals surface area contributed by atoms with Crippen LogP contribution >= 0.6 is 0 Å². The Bertz CT molecular complexity index is 1110. The van der Waals surface area contributed by atoms with Gasteiger partial charge in [-0.1, -0.05) is 276 Å². The molecule has 0 saturated heterocycles. The summed E-state index contributed by atoms with van der Waals surface area (Å²) in [4.78, 5) is 38.1. The maximum atomic E-state index is 12.8. The van der Waals surface area contributed by atoms with Crippen LogP contribution in [-0.2, 0) is 28.6 Å². The molecule has 0 aliphatic heterocycles. The normalized spacial score (nSPS) is 12.1. The third-order valence-corrected chi connectivity index (χ3v) is 13.9. The lowest BCUT2D eigenvalue weighted by Crippen LogP contribution is -2.30. The molecule has 0 rings (SSSR count). The number of ether oxygens (including phenoxy) is 3. The predicted molar refractivity (Wildman–Crippen MR) is 298 cm³/mol. The van der Waals surface area contributed by atoms with Crippen molar-refractivity contribution >= 4 is 17.9 Å². The summed E-state index contributed by atoms with van der Waals surface area (Å²) >= 11 is 0. The molecule has 0 aromatic heterocycles. The Morgan fingerprint density at radius 3 is 0.725 bits per heavy atom. The topological polar surface area (TPSA) is 78.9 Å². The fourth-order valence-electron chi connectivity index (χ4n) is 9.26. The Labute approximate surface area is 430 Å². The van der Waals surface area contributed by atoms with Crippen LogP contribution < -0.4 is 0 Å². The van der Waals surface area contributed by atoms with Gasteiger partial charge in [0.1, 0.15) is 13.2 Å². The summed E-state index contributed by atoms with van der Waals surface area (Å²) in [7, 11) is 0. The van der Waals surface area contributed by atoms with Crippen LogP contribution in [-0.4, -0.2) is 37.2 Å². The van der Waals surface area contributed by atoms with Gasteiger partial charge in [-0.05, 0) is 70.6 Å². The highest BCUT2D eigenvalue weighted by Gasteiger charge is 2.19. The largest absolute Gasteiger partial charge is 0.462 e. The van der Waals surface area contributed by atoms with E-state index in [4.69, 9.17) is 14.2 Å². The van der Waals surface area contributed by atoms with Crippen LogP contribution in [0.3, 0.4) is 0 Å². The van der Waals surface area contributed by atoms with E-state index in [0.717, 1.165) is 64.2 Å². The van der Waals surface area contributed by atoms with Gasteiger partial charge in [0.25, 0.3) is 0 Å². The summed E-state index contributed by atoms with van der Waals surface area (Å²) in [5.74, 6) is -0.858. The van der Waals surface area contributed by atoms with Crippen molar-refractivity contribution in [3.05, 3.63) is 24.3 Å². The van der Waals surface area contributed by atoms with Gasteiger partial charge in [0.15, 0.2) is 6.10 Å². The number of carbonyl (C=O) groups excluding carboxylic acids is 3. The number of carbonyl (C=O) groups is 3. The Morgan fingerprint density at radius 2 is 0.478 bits per heavy atom. The van der Waals surface area contributed by atoms with Crippen LogP contribution in [0.15, 0.2) is 24.3 Å². The molecule has 1 unspecified atom stereocenters. The van der Waals surface area contributed by atoms with E-state index >= 15 is 0 Å². The van der Waals surface area contributed by atoms with Crippen LogP contribution in [0.5, 0.6) is 0 Å². The van der Waals surface area contributed by atoms with Gasteiger partial charge in [-0.25, -0.2) is 0 Å². The highest BCUT2D eigenvalue weighted by atomic mass is 16.6. The van der Waals surface area contributed by atoms with Crippen molar-refractivity contribution in [1.29, 1.82) is 0 Å². The first-order valence-corrected chi connectivity index (χ1v) is 30.8. The molecule has 0 saturated carbocycles. The highest BCUT2D eigenvalue weighted by Crippen LogP contribution is 2.17. The van der Waals surface area contributed by atoms with Crippen LogP contribution in [0.25, 0.3) is 0 Å². The van der Waals surface area contributed by atoms with Crippen molar-refractivity contribution in [2.45, 2.75) is 348 Å². The second-order valence-corrected chi connectivity index (χ2v) is 21.0. The molecule has 0 bridgehead atoms. The van der Waals surface area contributed by atoms with E-state index in [2.05, 4.69) is 45.1 Å². The standard InChI is InChI=1S/C63H118O6/c1-4-7-10-13-16-19-22-24-26-27-28-29-30-31-32-33-34-35-37-38-41-44-47-50-53-56-62(65)68-59-60(58-67-61(64)55-52-49-46-43-40-21-18-15-12-9-6-3)69-63(66)57-54-51-48-45-42-39-36-25-23-20-17-14-11-8-5-2/h25,27-28,36,60H,4-24,26,29-35,37-59H2,1-3H3/b28-27-,36-25-. The SMILES string of the molecule is CCCCCCCC/C=C\CCCCCCCC(=O)OC(COC(=O)CCCCCCCCCCCCC)COC(=O)CCCCCCCCCCCCCCC/C=C\CCCCCCCCCC. The van der Waals surface area contributed by atoms with Gasteiger partial charge in [0.2, 0.25) is 0 Å². The Balaban J connectivity index is 4.19. The zero-order valence-corrected chi connectivity index (χ0v) is 46.6. The van der Waals surface area contributed by atoms with Crippen LogP contribution in [0, 0.1) is 0 Å². The first-order valence-electron chi connectivity index (χ1n) is 30.8. The summed E-state index contributed by atoms with van der Waals surface area (Å²) in [6, 6.07) is 0. The van der Waals surface area contributed by atoms with E-state index in [9.17, 15) is 14.4 Å². The molecule has 1 atom stereocenters. The Hall–Kier alpha value is -2.11. The van der Waals surface area contributed by atoms with E-state index in [1.54, 1.807) is 0 Å². The average Bonchev–Trinajstić information content (AvgIpc) is 3.35. The lowest BCUT2D eigenvalue weighted by molar-refractivity contribution is -0.167. The lowest BCUT2D eigenvalue weighted by Gasteiger charge is -2.18. The Kier molecular flexibility index (Phi) is 56.7. The molecule has 0 spiro atoms. The summed E-state index contributed by atoms with van der Waals surface area (Å²) in [6.45, 7) is 6.67. The van der Waals surface area contributed by atoms with Crippen molar-refractivity contribution in [3.63, 3.8) is 0 Å². The second-order valence-electron chi connectivity index (χ2n) is 21.0. The number of rotatable bonds is 57. The van der Waals surface area contributed by atoms with Crippen molar-refractivity contribution < 1.29 is 28.6 Å². The number of allylic oxidation sites excluding steroid dienone is 4. The van der Waals surface area contributed by atoms with Crippen LogP contribution in [0.2, 0.25) is 0 Å². The lowest BCUT2D eigenvalue weighted by atomic mass is 10.0. The quantitative estimate of drug-likeness (QED) is 0.0261. The summed E-state index contributed by atoms with van der Waals surface area (Å²) in [5, 5.41) is 0. The van der Waals surface area contributed by atoms with Crippen LogP contribution in [0.4, 0.5) is 0 Å². The maximum absolute atomic E-state index is 12.8. The molecule has 0 fully saturated rings. The average molecular weight is 972 g/mol. The third-order valence-electron chi connectivity index (χ3n) is 13.9. The van der Waals surface area contributed by atoms with E-state index in [-0.39, 0.29) is 31.1 Å². The fourth-order valence-corrected chi connectivity index (χ4v) is 9.26. The minimum absolute atomic E-state index is 0.0699. The smallest absolute Gasteiger partial charge is 0.306 e. The van der Waals surface area contributed by atoms with Gasteiger partial charge in [-0.2, -0.15) is 0 Å². The highest BCUT2D eigenvalue weighted by molar-refractivity contribution is 5.71. The number of hydrogen-bond donors (Lipinski definition) is 0. The van der Waals surface area contributed by atoms with Gasteiger partial charge >= 0.3 is 17.9 Å². The zero-order valence-electron chi connectivity index (χ0n) is 46.6. The maximum Gasteiger partial charge on any atom is 0.306 e. The molecule has 0 aromatic rings. The van der Waals surface area contributed by atoms with E-state index in [0.29, 0.717) is 19.3 Å². The molecule has 0 aliphatic rings. The fraction of sp³-hybridized carbons (Fsp3) is 0.889. The summed E-state index contributed by atoms with van der Waals surface area (Å²) < 4.78 is 16.9. The molecule has 0 heterocycles. The van der Waals surface area contributed by atoms with Gasteiger partial charge < -0.3 is 14.2 Å². The summed E-state index contributed by atoms with van der Waals surface area (Å²) in [6.07, 6.45) is 69.0. The first-order chi connectivity index (χ1) is 34.0. The molecule has 406 valence electrons. The van der Waals surface area contributed by atoms with Gasteiger partial charge in [0, 0.05) is 19.3 Å². The third kappa shape index (κ3) is 56.7. The molecule has 69 heavy (non-hydrogen) atoms. The second kappa shape index (κ2) is 58.5. The molecule has 0 amide bonds. The van der Waals surface area contributed by atoms with Gasteiger partial charge in [-0.3, -0.25) is 14.4 Å². The van der Waals surface area contributed by atoms with Crippen LogP contribution in [0.1, 0.15) is 342 Å². The first kappa shape index (κ1) is 66.9. The van der Waals surface area contributed by atoms with E-state index in [1.165, 1.54) is 238 Å². The molecule has 0 aliphatic carbocycles. The predicted octanol–water partition coefficient (Wildman–Crippen LogP) is 20.7. The van der Waals surface area contributed by atoms with Crippen molar-refractivity contribution in [2.75, 3.05) is 13.2 Å². The molecular weight excluding hydrogens is 853 g/mol. The molecule has 0 aromatic carbocycles. The number of hydrogen-bond acceptors (Lipinski definition) is 6. The molecule has 0 N–H and O–H groups in total. The van der Waals surface area contributed by atoms with Crippen molar-refractivity contribution in [2.24, 2.45) is 0 Å². The Morgan fingerprint density at radius 1 is 0.275 bits per heavy atom. The van der Waals surface area contributed by atoms with E-state index in [1.807, 2.05) is 0 Å². The molecule has 6 nitrogen and oxygen atoms in total. The molecule has 0 radical (unpaired) electrons. The number of esters is 3. The van der Waals surface area contributed by atoms with Crippen molar-refractivity contribution in [3.8, 4) is 0 Å². The minimum Gasteiger partial charge on any atom is -0.462 e. The number of unbranched alkanes of at least 4 members (excludes halogenated alkanes) is 42. The zero-order chi connectivity index (χ0) is 50.0. The van der Waals surface area contributed by atoms with Gasteiger partial charge in [0.05, 0.1) is 0 Å². The van der Waals surface area contributed by atoms with Gasteiger partial charge in [-0.15, -0.1) is 0 Å². The minimum atomic E-state index is -0.771. The molecular formula is C63H118O6. The summed E-state index contributed by atoms with van der Waals surface area (Å²) in [5.41, 5.74) is 0. The van der Waals surface area contributed by atoms with Crippen molar-refractivity contribution in [1.82, 2.24) is 0 Å². The molecule has 6 heteroatoms.